The Balaban J connectivity index is 2.42. The van der Waals surface area contributed by atoms with Gasteiger partial charge >= 0.3 is 5.97 Å². The van der Waals surface area contributed by atoms with Crippen LogP contribution in [0, 0.1) is 13.8 Å². The molecule has 0 aliphatic carbocycles. The van der Waals surface area contributed by atoms with Gasteiger partial charge in [-0.15, -0.1) is 0 Å². The van der Waals surface area contributed by atoms with E-state index < -0.39 is 12.0 Å². The Morgan fingerprint density at radius 3 is 2.12 bits per heavy atom. The maximum absolute atomic E-state index is 13.2. The van der Waals surface area contributed by atoms with Gasteiger partial charge in [0.15, 0.2) is 0 Å². The normalized spacial score (nSPS) is 13.1. The summed E-state index contributed by atoms with van der Waals surface area (Å²) in [5, 5.41) is 9.86. The van der Waals surface area contributed by atoms with E-state index in [1.807, 2.05) is 76.2 Å². The number of hydrogen-bond acceptors (Lipinski definition) is 2. The van der Waals surface area contributed by atoms with Gasteiger partial charge in [0, 0.05) is 18.0 Å². The number of aliphatic carboxylic acids is 1. The first kappa shape index (κ1) is 19.7. The zero-order valence-corrected chi connectivity index (χ0v) is 15.9. The van der Waals surface area contributed by atoms with Crippen molar-refractivity contribution in [3.05, 3.63) is 70.8 Å². The van der Waals surface area contributed by atoms with Gasteiger partial charge in [-0.25, -0.2) is 4.79 Å². The Morgan fingerprint density at radius 1 is 1.04 bits per heavy atom. The average molecular weight is 353 g/mol. The molecule has 4 heteroatoms. The summed E-state index contributed by atoms with van der Waals surface area (Å²) in [5.41, 5.74) is 3.43. The second-order valence-electron chi connectivity index (χ2n) is 6.89. The number of nitrogens with zero attached hydrogens (tertiary/aromatic N) is 1. The first-order valence-corrected chi connectivity index (χ1v) is 9.01. The molecule has 4 nitrogen and oxygen atoms in total. The van der Waals surface area contributed by atoms with Crippen molar-refractivity contribution < 1.29 is 14.7 Å². The molecule has 0 aliphatic rings. The minimum Gasteiger partial charge on any atom is -0.480 e. The monoisotopic (exact) mass is 353 g/mol. The molecule has 0 spiro atoms. The highest BCUT2D eigenvalue weighted by molar-refractivity contribution is 5.97. The Labute approximate surface area is 155 Å². The molecule has 1 N–H and O–H groups in total. The molecular weight excluding hydrogens is 326 g/mol. The molecule has 2 atom stereocenters. The van der Waals surface area contributed by atoms with Crippen molar-refractivity contribution in [2.75, 3.05) is 0 Å². The molecule has 0 fully saturated rings. The van der Waals surface area contributed by atoms with Gasteiger partial charge in [-0.2, -0.15) is 0 Å². The number of aryl methyl sites for hydroxylation is 2. The van der Waals surface area contributed by atoms with Gasteiger partial charge in [-0.05, 0) is 44.9 Å². The second kappa shape index (κ2) is 8.65. The Morgan fingerprint density at radius 2 is 1.62 bits per heavy atom. The van der Waals surface area contributed by atoms with Crippen LogP contribution in [0.1, 0.15) is 47.3 Å². The van der Waals surface area contributed by atoms with Crippen molar-refractivity contribution >= 4 is 11.9 Å². The van der Waals surface area contributed by atoms with Crippen LogP contribution < -0.4 is 0 Å². The summed E-state index contributed by atoms with van der Waals surface area (Å²) in [5.74, 6) is -1.21. The lowest BCUT2D eigenvalue weighted by atomic mass is 9.99. The van der Waals surface area contributed by atoms with Crippen LogP contribution in [0.2, 0.25) is 0 Å². The average Bonchev–Trinajstić information content (AvgIpc) is 2.60. The quantitative estimate of drug-likeness (QED) is 0.810. The molecular formula is C22H27NO3. The number of carboxylic acid groups (broad SMARTS) is 1. The molecule has 26 heavy (non-hydrogen) atoms. The third-order valence-electron chi connectivity index (χ3n) is 4.66. The van der Waals surface area contributed by atoms with Crippen molar-refractivity contribution in [3.8, 4) is 0 Å². The van der Waals surface area contributed by atoms with E-state index in [1.54, 1.807) is 0 Å². The standard InChI is InChI=1S/C22H27NO3/c1-5-17(4)23(21(24)19-12-15(2)11-16(3)13-19)20(22(25)26)14-18-9-7-6-8-10-18/h6-13,17,20H,5,14H2,1-4H3,(H,25,26)/t17?,20-/m0/s1. The van der Waals surface area contributed by atoms with Crippen molar-refractivity contribution in [2.45, 2.75) is 52.6 Å². The van der Waals surface area contributed by atoms with Gasteiger partial charge in [0.25, 0.3) is 5.91 Å². The van der Waals surface area contributed by atoms with Gasteiger partial charge in [0.2, 0.25) is 0 Å². The third-order valence-corrected chi connectivity index (χ3v) is 4.66. The Bertz CT molecular complexity index is 750. The molecule has 0 radical (unpaired) electrons. The highest BCUT2D eigenvalue weighted by Gasteiger charge is 2.33. The highest BCUT2D eigenvalue weighted by Crippen LogP contribution is 2.20. The van der Waals surface area contributed by atoms with Crippen molar-refractivity contribution in [1.29, 1.82) is 0 Å². The van der Waals surface area contributed by atoms with Crippen LogP contribution in [0.15, 0.2) is 48.5 Å². The van der Waals surface area contributed by atoms with Gasteiger partial charge < -0.3 is 10.0 Å². The lowest BCUT2D eigenvalue weighted by molar-refractivity contribution is -0.143. The number of rotatable bonds is 7. The van der Waals surface area contributed by atoms with Crippen LogP contribution in [-0.2, 0) is 11.2 Å². The van der Waals surface area contributed by atoms with Crippen LogP contribution in [0.4, 0.5) is 0 Å². The van der Waals surface area contributed by atoms with Gasteiger partial charge in [-0.1, -0.05) is 54.4 Å². The fourth-order valence-corrected chi connectivity index (χ4v) is 3.23. The van der Waals surface area contributed by atoms with Crippen LogP contribution in [-0.4, -0.2) is 34.0 Å². The summed E-state index contributed by atoms with van der Waals surface area (Å²) in [6.45, 7) is 7.75. The van der Waals surface area contributed by atoms with Crippen LogP contribution in [0.3, 0.4) is 0 Å². The summed E-state index contributed by atoms with van der Waals surface area (Å²) >= 11 is 0. The van der Waals surface area contributed by atoms with E-state index in [0.29, 0.717) is 12.0 Å². The number of carboxylic acids is 1. The van der Waals surface area contributed by atoms with Crippen LogP contribution >= 0.6 is 0 Å². The first-order chi connectivity index (χ1) is 12.3. The maximum Gasteiger partial charge on any atom is 0.326 e. The molecule has 1 amide bonds. The molecule has 2 aromatic rings. The number of carbonyl (C=O) groups excluding carboxylic acids is 1. The third kappa shape index (κ3) is 4.72. The van der Waals surface area contributed by atoms with E-state index in [2.05, 4.69) is 0 Å². The van der Waals surface area contributed by atoms with Crippen molar-refractivity contribution in [2.24, 2.45) is 0 Å². The predicted molar refractivity (Wildman–Crippen MR) is 103 cm³/mol. The molecule has 0 saturated heterocycles. The predicted octanol–water partition coefficient (Wildman–Crippen LogP) is 4.24. The van der Waals surface area contributed by atoms with Crippen molar-refractivity contribution in [1.82, 2.24) is 4.90 Å². The number of amides is 1. The van der Waals surface area contributed by atoms with Gasteiger partial charge in [0.05, 0.1) is 0 Å². The number of benzene rings is 2. The molecule has 2 rings (SSSR count). The summed E-state index contributed by atoms with van der Waals surface area (Å²) in [4.78, 5) is 26.8. The fourth-order valence-electron chi connectivity index (χ4n) is 3.23. The molecule has 2 aromatic carbocycles. The molecule has 0 aromatic heterocycles. The summed E-state index contributed by atoms with van der Waals surface area (Å²) in [6.07, 6.45) is 0.978. The molecule has 138 valence electrons. The Kier molecular flexibility index (Phi) is 6.56. The van der Waals surface area contributed by atoms with E-state index in [1.165, 1.54) is 4.90 Å². The first-order valence-electron chi connectivity index (χ1n) is 9.01. The molecule has 1 unspecified atom stereocenters. The van der Waals surface area contributed by atoms with Crippen LogP contribution in [0.25, 0.3) is 0 Å². The molecule has 0 saturated carbocycles. The van der Waals surface area contributed by atoms with Gasteiger partial charge in [0.1, 0.15) is 6.04 Å². The van der Waals surface area contributed by atoms with E-state index in [9.17, 15) is 14.7 Å². The highest BCUT2D eigenvalue weighted by atomic mass is 16.4. The van der Waals surface area contributed by atoms with Crippen LogP contribution in [0.5, 0.6) is 0 Å². The molecule has 0 heterocycles. The lowest BCUT2D eigenvalue weighted by Gasteiger charge is -2.34. The Hall–Kier alpha value is -2.62. The van der Waals surface area contributed by atoms with E-state index >= 15 is 0 Å². The summed E-state index contributed by atoms with van der Waals surface area (Å²) in [6, 6.07) is 14.0. The van der Waals surface area contributed by atoms with Crippen molar-refractivity contribution in [3.63, 3.8) is 0 Å². The minimum absolute atomic E-state index is 0.173. The second-order valence-corrected chi connectivity index (χ2v) is 6.89. The number of carbonyl (C=O) groups is 2. The fraction of sp³-hybridized carbons (Fsp3) is 0.364. The maximum atomic E-state index is 13.2. The topological polar surface area (TPSA) is 57.6 Å². The lowest BCUT2D eigenvalue weighted by Crippen LogP contribution is -2.50. The zero-order valence-electron chi connectivity index (χ0n) is 15.9. The van der Waals surface area contributed by atoms with E-state index in [4.69, 9.17) is 0 Å². The van der Waals surface area contributed by atoms with E-state index in [-0.39, 0.29) is 18.4 Å². The van der Waals surface area contributed by atoms with Gasteiger partial charge in [-0.3, -0.25) is 4.79 Å². The summed E-state index contributed by atoms with van der Waals surface area (Å²) in [7, 11) is 0. The number of hydrogen-bond donors (Lipinski definition) is 1. The van der Waals surface area contributed by atoms with E-state index in [0.717, 1.165) is 16.7 Å². The molecule has 0 aliphatic heterocycles. The smallest absolute Gasteiger partial charge is 0.326 e. The zero-order chi connectivity index (χ0) is 19.3. The molecule has 0 bridgehead atoms. The SMILES string of the molecule is CCC(C)N(C(=O)c1cc(C)cc(C)c1)[C@@H](Cc1ccccc1)C(=O)O. The largest absolute Gasteiger partial charge is 0.480 e. The summed E-state index contributed by atoms with van der Waals surface area (Å²) < 4.78 is 0. The minimum atomic E-state index is -0.980.